The number of fused-ring (bicyclic) bond motifs is 1. The smallest absolute Gasteiger partial charge is 0.341 e. The molecule has 1 heterocycles. The van der Waals surface area contributed by atoms with Crippen molar-refractivity contribution in [1.82, 2.24) is 5.43 Å². The molecule has 1 unspecified atom stereocenters. The van der Waals surface area contributed by atoms with Crippen molar-refractivity contribution in [1.29, 1.82) is 0 Å². The fraction of sp³-hybridized carbons (Fsp3) is 0.333. The molecule has 31 heavy (non-hydrogen) atoms. The minimum Gasteiger partial charge on any atom is -0.462 e. The standard InChI is InChI=1S/C21H21Cl2N3O4S/c1-3-30-21(29)17-14-7-4-11(2)8-16(14)31-20(17)25-18(27)19(28)26-24-10-12-5-6-13(22)9-15(12)23/h5-6,9-11H,3-4,7-8H2,1-2H3,(H,25,27)(H,26,28). The minimum absolute atomic E-state index is 0.218. The number of amides is 2. The van der Waals surface area contributed by atoms with Crippen LogP contribution in [0.3, 0.4) is 0 Å². The van der Waals surface area contributed by atoms with Crippen LogP contribution in [0.2, 0.25) is 10.0 Å². The van der Waals surface area contributed by atoms with Gasteiger partial charge in [-0.1, -0.05) is 36.2 Å². The van der Waals surface area contributed by atoms with Crippen LogP contribution in [0.5, 0.6) is 0 Å². The van der Waals surface area contributed by atoms with Crippen molar-refractivity contribution in [2.24, 2.45) is 11.0 Å². The number of thiophene rings is 1. The highest BCUT2D eigenvalue weighted by Gasteiger charge is 2.30. The maximum Gasteiger partial charge on any atom is 0.341 e. The highest BCUT2D eigenvalue weighted by Crippen LogP contribution is 2.40. The maximum absolute atomic E-state index is 12.5. The summed E-state index contributed by atoms with van der Waals surface area (Å²) in [5.41, 5.74) is 3.91. The molecule has 0 saturated heterocycles. The third-order valence-electron chi connectivity index (χ3n) is 4.76. The Morgan fingerprint density at radius 3 is 2.77 bits per heavy atom. The quantitative estimate of drug-likeness (QED) is 0.285. The third-order valence-corrected chi connectivity index (χ3v) is 6.49. The first kappa shape index (κ1) is 23.2. The number of carbonyl (C=O) groups is 3. The molecule has 1 atom stereocenters. The number of halogens is 2. The first-order chi connectivity index (χ1) is 14.8. The maximum atomic E-state index is 12.5. The molecule has 164 valence electrons. The van der Waals surface area contributed by atoms with E-state index in [4.69, 9.17) is 27.9 Å². The Morgan fingerprint density at radius 1 is 1.29 bits per heavy atom. The molecule has 1 aromatic carbocycles. The number of esters is 1. The number of hydrogen-bond donors (Lipinski definition) is 2. The number of anilines is 1. The van der Waals surface area contributed by atoms with E-state index in [1.165, 1.54) is 23.6 Å². The minimum atomic E-state index is -0.976. The fourth-order valence-electron chi connectivity index (χ4n) is 3.24. The number of nitrogens with one attached hydrogen (secondary N) is 2. The van der Waals surface area contributed by atoms with Crippen LogP contribution in [0.25, 0.3) is 0 Å². The summed E-state index contributed by atoms with van der Waals surface area (Å²) in [6.45, 7) is 4.08. The summed E-state index contributed by atoms with van der Waals surface area (Å²) < 4.78 is 5.17. The van der Waals surface area contributed by atoms with Crippen molar-refractivity contribution in [3.8, 4) is 0 Å². The van der Waals surface area contributed by atoms with E-state index < -0.39 is 17.8 Å². The normalized spacial score (nSPS) is 15.4. The third kappa shape index (κ3) is 5.64. The highest BCUT2D eigenvalue weighted by atomic mass is 35.5. The van der Waals surface area contributed by atoms with Crippen LogP contribution < -0.4 is 10.7 Å². The van der Waals surface area contributed by atoms with Gasteiger partial charge >= 0.3 is 17.8 Å². The molecule has 2 N–H and O–H groups in total. The lowest BCUT2D eigenvalue weighted by Crippen LogP contribution is -2.32. The first-order valence-electron chi connectivity index (χ1n) is 9.71. The average molecular weight is 482 g/mol. The summed E-state index contributed by atoms with van der Waals surface area (Å²) in [6, 6.07) is 4.79. The second kappa shape index (κ2) is 10.3. The highest BCUT2D eigenvalue weighted by molar-refractivity contribution is 7.17. The Bertz CT molecular complexity index is 1050. The van der Waals surface area contributed by atoms with Crippen molar-refractivity contribution >= 4 is 63.5 Å². The second-order valence-electron chi connectivity index (χ2n) is 7.10. The summed E-state index contributed by atoms with van der Waals surface area (Å²) in [7, 11) is 0. The zero-order valence-corrected chi connectivity index (χ0v) is 19.3. The molecule has 1 aliphatic carbocycles. The van der Waals surface area contributed by atoms with Crippen molar-refractivity contribution in [3.05, 3.63) is 49.8 Å². The van der Waals surface area contributed by atoms with Crippen LogP contribution in [0.15, 0.2) is 23.3 Å². The Labute approximate surface area is 193 Å². The molecular weight excluding hydrogens is 461 g/mol. The molecule has 0 saturated carbocycles. The van der Waals surface area contributed by atoms with E-state index in [0.29, 0.717) is 32.1 Å². The van der Waals surface area contributed by atoms with Crippen LogP contribution in [-0.4, -0.2) is 30.6 Å². The zero-order chi connectivity index (χ0) is 22.5. The Hall–Kier alpha value is -2.42. The molecule has 10 heteroatoms. The lowest BCUT2D eigenvalue weighted by Gasteiger charge is -2.18. The van der Waals surface area contributed by atoms with E-state index >= 15 is 0 Å². The molecular formula is C21H21Cl2N3O4S. The van der Waals surface area contributed by atoms with E-state index in [-0.39, 0.29) is 6.61 Å². The van der Waals surface area contributed by atoms with Gasteiger partial charge in [0.15, 0.2) is 0 Å². The number of hydrogen-bond acceptors (Lipinski definition) is 6. The Kier molecular flexibility index (Phi) is 7.69. The van der Waals surface area contributed by atoms with E-state index in [1.807, 2.05) is 0 Å². The summed E-state index contributed by atoms with van der Waals surface area (Å²) >= 11 is 13.2. The van der Waals surface area contributed by atoms with Crippen molar-refractivity contribution in [2.75, 3.05) is 11.9 Å². The Morgan fingerprint density at radius 2 is 2.06 bits per heavy atom. The molecule has 1 aliphatic rings. The summed E-state index contributed by atoms with van der Waals surface area (Å²) in [4.78, 5) is 38.1. The summed E-state index contributed by atoms with van der Waals surface area (Å²) in [6.07, 6.45) is 3.81. The Balaban J connectivity index is 1.72. The molecule has 0 spiro atoms. The van der Waals surface area contributed by atoms with Gasteiger partial charge < -0.3 is 10.1 Å². The van der Waals surface area contributed by atoms with Crippen LogP contribution >= 0.6 is 34.5 Å². The summed E-state index contributed by atoms with van der Waals surface area (Å²) in [5.74, 6) is -1.92. The monoisotopic (exact) mass is 481 g/mol. The number of hydrazone groups is 1. The largest absolute Gasteiger partial charge is 0.462 e. The number of ether oxygens (including phenoxy) is 1. The van der Waals surface area contributed by atoms with E-state index in [2.05, 4.69) is 22.8 Å². The molecule has 2 aromatic rings. The van der Waals surface area contributed by atoms with Crippen molar-refractivity contribution < 1.29 is 19.1 Å². The SMILES string of the molecule is CCOC(=O)c1c(NC(=O)C(=O)NN=Cc2ccc(Cl)cc2Cl)sc2c1CCC(C)C2. The number of carbonyl (C=O) groups excluding carboxylic acids is 3. The summed E-state index contributed by atoms with van der Waals surface area (Å²) in [5, 5.41) is 7.44. The van der Waals surface area contributed by atoms with Gasteiger partial charge in [0.1, 0.15) is 5.00 Å². The van der Waals surface area contributed by atoms with Gasteiger partial charge in [0.25, 0.3) is 0 Å². The van der Waals surface area contributed by atoms with Crippen molar-refractivity contribution in [2.45, 2.75) is 33.1 Å². The molecule has 3 rings (SSSR count). The van der Waals surface area contributed by atoms with Gasteiger partial charge in [-0.3, -0.25) is 9.59 Å². The van der Waals surface area contributed by atoms with Gasteiger partial charge in [-0.2, -0.15) is 5.10 Å². The van der Waals surface area contributed by atoms with Gasteiger partial charge in [0, 0.05) is 15.5 Å². The van der Waals surface area contributed by atoms with Gasteiger partial charge in [-0.05, 0) is 49.8 Å². The fourth-order valence-corrected chi connectivity index (χ4v) is 5.09. The van der Waals surface area contributed by atoms with Crippen LogP contribution in [-0.2, 0) is 27.2 Å². The van der Waals surface area contributed by atoms with Crippen LogP contribution in [0.4, 0.5) is 5.00 Å². The van der Waals surface area contributed by atoms with Crippen LogP contribution in [0.1, 0.15) is 46.6 Å². The average Bonchev–Trinajstić information content (AvgIpc) is 3.06. The van der Waals surface area contributed by atoms with Crippen molar-refractivity contribution in [3.63, 3.8) is 0 Å². The lowest BCUT2D eigenvalue weighted by molar-refractivity contribution is -0.136. The van der Waals surface area contributed by atoms with Gasteiger partial charge in [0.2, 0.25) is 0 Å². The molecule has 0 fully saturated rings. The topological polar surface area (TPSA) is 96.9 Å². The number of rotatable bonds is 5. The van der Waals surface area contributed by atoms with Gasteiger partial charge in [-0.15, -0.1) is 11.3 Å². The lowest BCUT2D eigenvalue weighted by atomic mass is 9.88. The molecule has 0 aliphatic heterocycles. The predicted molar refractivity (Wildman–Crippen MR) is 122 cm³/mol. The zero-order valence-electron chi connectivity index (χ0n) is 17.0. The molecule has 7 nitrogen and oxygen atoms in total. The van der Waals surface area contributed by atoms with E-state index in [0.717, 1.165) is 29.7 Å². The van der Waals surface area contributed by atoms with E-state index in [1.54, 1.807) is 19.1 Å². The number of benzene rings is 1. The molecule has 1 aromatic heterocycles. The molecule has 0 radical (unpaired) electrons. The molecule has 2 amide bonds. The van der Waals surface area contributed by atoms with Gasteiger partial charge in [0.05, 0.1) is 23.4 Å². The van der Waals surface area contributed by atoms with E-state index in [9.17, 15) is 14.4 Å². The number of nitrogens with zero attached hydrogens (tertiary/aromatic N) is 1. The van der Waals surface area contributed by atoms with Gasteiger partial charge in [-0.25, -0.2) is 10.2 Å². The molecule has 0 bridgehead atoms. The first-order valence-corrected chi connectivity index (χ1v) is 11.3. The predicted octanol–water partition coefficient (Wildman–Crippen LogP) is 4.45. The van der Waals surface area contributed by atoms with Crippen LogP contribution in [0, 0.1) is 5.92 Å². The second-order valence-corrected chi connectivity index (χ2v) is 9.04.